The summed E-state index contributed by atoms with van der Waals surface area (Å²) in [5, 5.41) is 33.0. The summed E-state index contributed by atoms with van der Waals surface area (Å²) in [6, 6.07) is 16.4. The normalized spacial score (nSPS) is 11.6. The van der Waals surface area contributed by atoms with E-state index in [4.69, 9.17) is 0 Å². The van der Waals surface area contributed by atoms with Crippen molar-refractivity contribution in [3.63, 3.8) is 0 Å². The number of hydrogen-bond acceptors (Lipinski definition) is 7. The zero-order valence-electron chi connectivity index (χ0n) is 15.5. The third-order valence-electron chi connectivity index (χ3n) is 4.55. The van der Waals surface area contributed by atoms with E-state index in [1.807, 2.05) is 0 Å². The summed E-state index contributed by atoms with van der Waals surface area (Å²) >= 11 is 0. The van der Waals surface area contributed by atoms with Crippen LogP contribution < -0.4 is 10.2 Å². The Morgan fingerprint density at radius 3 is 2.13 bits per heavy atom. The molecule has 0 aliphatic heterocycles. The monoisotopic (exact) mass is 475 g/mol. The second kappa shape index (κ2) is 8.44. The molecule has 0 aliphatic rings. The molecule has 10 heteroatoms. The third-order valence-corrected chi connectivity index (χ3v) is 5.45. The Hall–Kier alpha value is -3.30. The van der Waals surface area contributed by atoms with Gasteiger partial charge in [0.05, 0.1) is 17.3 Å². The summed E-state index contributed by atoms with van der Waals surface area (Å²) < 4.78 is 33.1. The molecule has 8 nitrogen and oxygen atoms in total. The Kier molecular flexibility index (Phi) is 6.10. The number of carbonyl (C=O) groups is 1. The first-order valence-electron chi connectivity index (χ1n) is 8.62. The number of hydrogen-bond donors (Lipinski definition) is 1. The van der Waals surface area contributed by atoms with Gasteiger partial charge in [-0.3, -0.25) is 4.55 Å². The number of aromatic carboxylic acids is 1. The van der Waals surface area contributed by atoms with E-state index in [9.17, 15) is 28.0 Å². The minimum Gasteiger partial charge on any atom is -0.871 e. The van der Waals surface area contributed by atoms with Crippen molar-refractivity contribution in [3.8, 4) is 5.75 Å². The van der Waals surface area contributed by atoms with E-state index in [0.717, 1.165) is 12.1 Å². The van der Waals surface area contributed by atoms with Crippen molar-refractivity contribution in [2.24, 2.45) is 10.2 Å². The van der Waals surface area contributed by atoms with Crippen molar-refractivity contribution in [1.82, 2.24) is 0 Å². The van der Waals surface area contributed by atoms with E-state index in [1.165, 1.54) is 12.1 Å². The van der Waals surface area contributed by atoms with Crippen LogP contribution in [0.3, 0.4) is 0 Å². The van der Waals surface area contributed by atoms with E-state index in [1.54, 1.807) is 42.5 Å². The minimum absolute atomic E-state index is 0. The zero-order chi connectivity index (χ0) is 21.5. The Bertz CT molecular complexity index is 1470. The van der Waals surface area contributed by atoms with Gasteiger partial charge in [0.2, 0.25) is 0 Å². The van der Waals surface area contributed by atoms with Crippen LogP contribution in [0.15, 0.2) is 81.9 Å². The van der Waals surface area contributed by atoms with Gasteiger partial charge in [-0.15, -0.1) is 0 Å². The maximum Gasteiger partial charge on any atom is 2.00 e. The maximum absolute atomic E-state index is 12.4. The molecule has 4 rings (SSSR count). The average molecular weight is 475 g/mol. The Morgan fingerprint density at radius 1 is 0.871 bits per heavy atom. The first-order chi connectivity index (χ1) is 14.3. The van der Waals surface area contributed by atoms with Gasteiger partial charge in [-0.05, 0) is 22.9 Å². The predicted molar refractivity (Wildman–Crippen MR) is 106 cm³/mol. The van der Waals surface area contributed by atoms with Gasteiger partial charge in [-0.25, -0.2) is 0 Å². The van der Waals surface area contributed by atoms with Crippen LogP contribution in [0, 0.1) is 0 Å². The molecule has 1 N–H and O–H groups in total. The van der Waals surface area contributed by atoms with E-state index >= 15 is 0 Å². The number of nitrogens with zero attached hydrogens (tertiary/aromatic N) is 2. The fourth-order valence-corrected chi connectivity index (χ4v) is 3.98. The first kappa shape index (κ1) is 22.4. The summed E-state index contributed by atoms with van der Waals surface area (Å²) in [6.45, 7) is 0. The fourth-order valence-electron chi connectivity index (χ4n) is 3.25. The van der Waals surface area contributed by atoms with Crippen LogP contribution in [0.25, 0.3) is 21.5 Å². The number of benzene rings is 4. The van der Waals surface area contributed by atoms with E-state index in [-0.39, 0.29) is 49.7 Å². The zero-order valence-corrected chi connectivity index (χ0v) is 17.5. The fraction of sp³-hybridized carbons (Fsp3) is 0. The molecule has 0 bridgehead atoms. The molecule has 0 aromatic heterocycles. The molecule has 0 fully saturated rings. The number of fused-ring (bicyclic) bond motifs is 2. The molecule has 31 heavy (non-hydrogen) atoms. The van der Waals surface area contributed by atoms with Crippen molar-refractivity contribution in [2.45, 2.75) is 4.90 Å². The van der Waals surface area contributed by atoms with Gasteiger partial charge in [0.15, 0.2) is 0 Å². The van der Waals surface area contributed by atoms with Crippen LogP contribution in [-0.4, -0.2) is 18.9 Å². The van der Waals surface area contributed by atoms with Crippen LogP contribution in [0.1, 0.15) is 10.4 Å². The van der Waals surface area contributed by atoms with Crippen molar-refractivity contribution >= 4 is 49.0 Å². The molecule has 0 saturated heterocycles. The van der Waals surface area contributed by atoms with Gasteiger partial charge in [0, 0.05) is 16.3 Å². The molecule has 155 valence electrons. The van der Waals surface area contributed by atoms with Gasteiger partial charge in [0.25, 0.3) is 10.1 Å². The summed E-state index contributed by atoms with van der Waals surface area (Å²) in [4.78, 5) is 11.0. The number of carbonyl (C=O) groups excluding carboxylic acids is 1. The summed E-state index contributed by atoms with van der Waals surface area (Å²) in [6.07, 6.45) is 0. The number of rotatable bonds is 4. The van der Waals surface area contributed by atoms with Crippen molar-refractivity contribution < 1.29 is 45.0 Å². The SMILES string of the molecule is O=C([O-])c1cc([O-])c(N=Nc2cc(S(=O)(=O)O)c3ccccc3c2)c2ccccc12.[Mn+2]. The van der Waals surface area contributed by atoms with Crippen LogP contribution in [0.2, 0.25) is 0 Å². The number of carboxylic acids is 1. The number of carboxylic acid groups (broad SMARTS) is 1. The summed E-state index contributed by atoms with van der Waals surface area (Å²) in [5.74, 6) is -2.16. The van der Waals surface area contributed by atoms with E-state index in [0.29, 0.717) is 10.8 Å². The van der Waals surface area contributed by atoms with Gasteiger partial charge in [-0.2, -0.15) is 18.6 Å². The maximum atomic E-state index is 12.4. The molecule has 4 aromatic rings. The molecule has 0 spiro atoms. The Balaban J connectivity index is 0.00000272. The van der Waals surface area contributed by atoms with Crippen molar-refractivity contribution in [2.75, 3.05) is 0 Å². The van der Waals surface area contributed by atoms with E-state index in [2.05, 4.69) is 10.2 Å². The summed E-state index contributed by atoms with van der Waals surface area (Å²) in [5.41, 5.74) is -0.264. The second-order valence-electron chi connectivity index (χ2n) is 6.44. The molecular formula is C21H12MnN2O6S. The molecule has 0 aliphatic carbocycles. The molecule has 0 atom stereocenters. The Labute approximate surface area is 187 Å². The molecule has 0 saturated carbocycles. The third kappa shape index (κ3) is 4.28. The first-order valence-corrected chi connectivity index (χ1v) is 10.1. The molecular weight excluding hydrogens is 463 g/mol. The number of azo groups is 1. The van der Waals surface area contributed by atoms with Gasteiger partial charge in [-0.1, -0.05) is 60.3 Å². The second-order valence-corrected chi connectivity index (χ2v) is 7.83. The Morgan fingerprint density at radius 2 is 1.48 bits per heavy atom. The van der Waals surface area contributed by atoms with Crippen LogP contribution >= 0.6 is 0 Å². The largest absolute Gasteiger partial charge is 2.00 e. The standard InChI is InChI=1S/C21H14N2O6S.Mn/c24-18-11-17(21(25)26)15-7-3-4-8-16(15)20(18)23-22-13-9-12-5-1-2-6-14(12)19(10-13)30(27,28)29;/h1-11,24H,(H,25,26)(H,27,28,29);/q;+2/p-2. The molecule has 0 unspecified atom stereocenters. The summed E-state index contributed by atoms with van der Waals surface area (Å²) in [7, 11) is -4.53. The van der Waals surface area contributed by atoms with E-state index < -0.39 is 21.8 Å². The molecule has 0 heterocycles. The van der Waals surface area contributed by atoms with Gasteiger partial charge in [0.1, 0.15) is 4.90 Å². The van der Waals surface area contributed by atoms with Crippen LogP contribution in [-0.2, 0) is 27.2 Å². The molecule has 0 amide bonds. The average Bonchev–Trinajstić information content (AvgIpc) is 2.71. The topological polar surface area (TPSA) is 142 Å². The molecule has 4 aromatic carbocycles. The smallest absolute Gasteiger partial charge is 0.871 e. The van der Waals surface area contributed by atoms with Crippen LogP contribution in [0.5, 0.6) is 5.75 Å². The molecule has 1 radical (unpaired) electrons. The van der Waals surface area contributed by atoms with Crippen molar-refractivity contribution in [3.05, 3.63) is 72.3 Å². The minimum atomic E-state index is -4.53. The van der Waals surface area contributed by atoms with Gasteiger partial charge >= 0.3 is 17.1 Å². The predicted octanol–water partition coefficient (Wildman–Crippen LogP) is 3.09. The van der Waals surface area contributed by atoms with Gasteiger partial charge < -0.3 is 15.0 Å². The quantitative estimate of drug-likeness (QED) is 0.273. The van der Waals surface area contributed by atoms with Crippen LogP contribution in [0.4, 0.5) is 11.4 Å². The van der Waals surface area contributed by atoms with Crippen molar-refractivity contribution in [1.29, 1.82) is 0 Å².